The predicted octanol–water partition coefficient (Wildman–Crippen LogP) is 0.641. The van der Waals surface area contributed by atoms with Crippen LogP contribution in [0.2, 0.25) is 0 Å². The molecule has 1 aromatic carbocycles. The molecule has 1 unspecified atom stereocenters. The third-order valence-corrected chi connectivity index (χ3v) is 4.47. The number of sulfone groups is 1. The predicted molar refractivity (Wildman–Crippen MR) is 75.9 cm³/mol. The lowest BCUT2D eigenvalue weighted by Crippen LogP contribution is -2.31. The monoisotopic (exact) mass is 313 g/mol. The Morgan fingerprint density at radius 1 is 1.43 bits per heavy atom. The molecule has 1 heterocycles. The van der Waals surface area contributed by atoms with Crippen molar-refractivity contribution in [2.45, 2.75) is 17.4 Å². The molecule has 1 fully saturated rings. The lowest BCUT2D eigenvalue weighted by molar-refractivity contribution is -0.386. The second-order valence-corrected chi connectivity index (χ2v) is 6.91. The fourth-order valence-corrected chi connectivity index (χ4v) is 3.13. The number of nitro benzene ring substituents is 1. The molecule has 2 rings (SSSR count). The summed E-state index contributed by atoms with van der Waals surface area (Å²) in [4.78, 5) is 23.5. The van der Waals surface area contributed by atoms with Crippen molar-refractivity contribution in [3.8, 4) is 0 Å². The molecule has 0 saturated carbocycles. The first kappa shape index (κ1) is 15.2. The Labute approximate surface area is 121 Å². The van der Waals surface area contributed by atoms with Gasteiger partial charge in [0.05, 0.1) is 4.92 Å². The fraction of sp³-hybridized carbons (Fsp3) is 0.417. The minimum atomic E-state index is -3.74. The van der Waals surface area contributed by atoms with Gasteiger partial charge in [0.25, 0.3) is 0 Å². The molecule has 1 aromatic rings. The van der Waals surface area contributed by atoms with Crippen LogP contribution in [0.5, 0.6) is 0 Å². The van der Waals surface area contributed by atoms with Crippen molar-refractivity contribution in [3.05, 3.63) is 28.3 Å². The van der Waals surface area contributed by atoms with E-state index in [9.17, 15) is 23.3 Å². The number of nitrogens with zero attached hydrogens (tertiary/aromatic N) is 2. The summed E-state index contributed by atoms with van der Waals surface area (Å²) in [5.74, 6) is -0.172. The molecule has 0 radical (unpaired) electrons. The zero-order valence-corrected chi connectivity index (χ0v) is 12.4. The number of hydrogen-bond donors (Lipinski definition) is 1. The summed E-state index contributed by atoms with van der Waals surface area (Å²) < 4.78 is 23.3. The first-order valence-electron chi connectivity index (χ1n) is 6.21. The van der Waals surface area contributed by atoms with Crippen LogP contribution in [-0.4, -0.2) is 50.0 Å². The van der Waals surface area contributed by atoms with Crippen LogP contribution in [0.1, 0.15) is 6.42 Å². The molecule has 8 nitrogen and oxygen atoms in total. The maximum atomic E-state index is 11.8. The van der Waals surface area contributed by atoms with E-state index < -0.39 is 26.5 Å². The van der Waals surface area contributed by atoms with Gasteiger partial charge in [-0.05, 0) is 18.6 Å². The van der Waals surface area contributed by atoms with Crippen molar-refractivity contribution < 1.29 is 18.1 Å². The Balaban J connectivity index is 2.45. The summed E-state index contributed by atoms with van der Waals surface area (Å²) in [6, 6.07) is 3.41. The van der Waals surface area contributed by atoms with Gasteiger partial charge in [0.15, 0.2) is 9.84 Å². The lowest BCUT2D eigenvalue weighted by Gasteiger charge is -2.14. The van der Waals surface area contributed by atoms with Crippen molar-refractivity contribution in [2.75, 3.05) is 25.2 Å². The standard InChI is InChI=1S/C12H15N3O5S/c1-14-7-6-9(12(14)16)13-8-4-3-5-10(21(2,19)20)11(8)15(17)18/h3-5,9,13H,6-7H2,1-2H3. The Kier molecular flexibility index (Phi) is 3.86. The topological polar surface area (TPSA) is 110 Å². The number of nitrogens with one attached hydrogen (secondary N) is 1. The average Bonchev–Trinajstić information content (AvgIpc) is 2.69. The number of para-hydroxylation sites is 1. The van der Waals surface area contributed by atoms with Crippen LogP contribution < -0.4 is 5.32 Å². The zero-order valence-electron chi connectivity index (χ0n) is 11.6. The van der Waals surface area contributed by atoms with E-state index in [0.717, 1.165) is 6.26 Å². The largest absolute Gasteiger partial charge is 0.368 e. The number of anilines is 1. The summed E-state index contributed by atoms with van der Waals surface area (Å²) in [6.07, 6.45) is 1.42. The van der Waals surface area contributed by atoms with Gasteiger partial charge in [-0.1, -0.05) is 6.07 Å². The summed E-state index contributed by atoms with van der Waals surface area (Å²) in [7, 11) is -2.09. The number of likely N-dealkylation sites (N-methyl/N-ethyl adjacent to an activating group) is 1. The highest BCUT2D eigenvalue weighted by atomic mass is 32.2. The van der Waals surface area contributed by atoms with E-state index >= 15 is 0 Å². The Morgan fingerprint density at radius 2 is 2.10 bits per heavy atom. The van der Waals surface area contributed by atoms with E-state index in [4.69, 9.17) is 0 Å². The number of amides is 1. The molecule has 1 aliphatic heterocycles. The van der Waals surface area contributed by atoms with Gasteiger partial charge in [-0.15, -0.1) is 0 Å². The smallest absolute Gasteiger partial charge is 0.310 e. The van der Waals surface area contributed by atoms with Crippen molar-refractivity contribution >= 4 is 27.1 Å². The molecule has 114 valence electrons. The molecule has 1 N–H and O–H groups in total. The number of likely N-dealkylation sites (tertiary alicyclic amines) is 1. The van der Waals surface area contributed by atoms with Gasteiger partial charge >= 0.3 is 5.69 Å². The summed E-state index contributed by atoms with van der Waals surface area (Å²) in [5.41, 5.74) is -0.487. The molecule has 0 spiro atoms. The molecule has 0 aromatic heterocycles. The number of nitro groups is 1. The van der Waals surface area contributed by atoms with Gasteiger partial charge in [-0.2, -0.15) is 0 Å². The van der Waals surface area contributed by atoms with E-state index in [1.807, 2.05) is 0 Å². The molecular formula is C12H15N3O5S. The zero-order chi connectivity index (χ0) is 15.8. The van der Waals surface area contributed by atoms with Crippen LogP contribution in [0, 0.1) is 10.1 Å². The van der Waals surface area contributed by atoms with Crippen LogP contribution in [0.3, 0.4) is 0 Å². The SMILES string of the molecule is CN1CCC(Nc2cccc(S(C)(=O)=O)c2[N+](=O)[O-])C1=O. The van der Waals surface area contributed by atoms with Gasteiger partial charge in [-0.25, -0.2) is 8.42 Å². The van der Waals surface area contributed by atoms with E-state index in [1.54, 1.807) is 7.05 Å². The third-order valence-electron chi connectivity index (χ3n) is 3.34. The normalized spacial score (nSPS) is 18.9. The van der Waals surface area contributed by atoms with Gasteiger partial charge in [-0.3, -0.25) is 14.9 Å². The highest BCUT2D eigenvalue weighted by Gasteiger charge is 2.32. The maximum Gasteiger partial charge on any atom is 0.310 e. The van der Waals surface area contributed by atoms with Crippen molar-refractivity contribution in [2.24, 2.45) is 0 Å². The van der Waals surface area contributed by atoms with E-state index in [2.05, 4.69) is 5.32 Å². The molecule has 1 aliphatic rings. The Morgan fingerprint density at radius 3 is 2.57 bits per heavy atom. The number of benzene rings is 1. The molecular weight excluding hydrogens is 298 g/mol. The minimum Gasteiger partial charge on any atom is -0.368 e. The quantitative estimate of drug-likeness (QED) is 0.645. The van der Waals surface area contributed by atoms with E-state index in [1.165, 1.54) is 23.1 Å². The summed E-state index contributed by atoms with van der Waals surface area (Å²) in [5, 5.41) is 14.0. The first-order chi connectivity index (χ1) is 9.71. The number of hydrogen-bond acceptors (Lipinski definition) is 6. The second kappa shape index (κ2) is 5.32. The van der Waals surface area contributed by atoms with E-state index in [0.29, 0.717) is 13.0 Å². The number of carbonyl (C=O) groups excluding carboxylic acids is 1. The van der Waals surface area contributed by atoms with Crippen molar-refractivity contribution in [3.63, 3.8) is 0 Å². The Bertz CT molecular complexity index is 701. The molecule has 9 heteroatoms. The number of carbonyl (C=O) groups is 1. The fourth-order valence-electron chi connectivity index (χ4n) is 2.27. The van der Waals surface area contributed by atoms with Crippen LogP contribution >= 0.6 is 0 Å². The van der Waals surface area contributed by atoms with E-state index in [-0.39, 0.29) is 16.5 Å². The van der Waals surface area contributed by atoms with Crippen LogP contribution in [0.4, 0.5) is 11.4 Å². The maximum absolute atomic E-state index is 11.8. The third kappa shape index (κ3) is 2.97. The van der Waals surface area contributed by atoms with Crippen LogP contribution in [0.15, 0.2) is 23.1 Å². The van der Waals surface area contributed by atoms with Gasteiger partial charge in [0.1, 0.15) is 16.6 Å². The molecule has 1 amide bonds. The average molecular weight is 313 g/mol. The first-order valence-corrected chi connectivity index (χ1v) is 8.10. The van der Waals surface area contributed by atoms with Crippen LogP contribution in [-0.2, 0) is 14.6 Å². The molecule has 1 saturated heterocycles. The minimum absolute atomic E-state index is 0.0385. The molecule has 21 heavy (non-hydrogen) atoms. The second-order valence-electron chi connectivity index (χ2n) is 4.93. The molecule has 0 aliphatic carbocycles. The van der Waals surface area contributed by atoms with Crippen LogP contribution in [0.25, 0.3) is 0 Å². The van der Waals surface area contributed by atoms with Crippen molar-refractivity contribution in [1.29, 1.82) is 0 Å². The summed E-state index contributed by atoms with van der Waals surface area (Å²) >= 11 is 0. The lowest BCUT2D eigenvalue weighted by atomic mass is 10.2. The highest BCUT2D eigenvalue weighted by Crippen LogP contribution is 2.33. The van der Waals surface area contributed by atoms with Crippen molar-refractivity contribution in [1.82, 2.24) is 4.90 Å². The van der Waals surface area contributed by atoms with Gasteiger partial charge in [0.2, 0.25) is 5.91 Å². The van der Waals surface area contributed by atoms with Gasteiger partial charge < -0.3 is 10.2 Å². The molecule has 0 bridgehead atoms. The molecule has 1 atom stereocenters. The summed E-state index contributed by atoms with van der Waals surface area (Å²) in [6.45, 7) is 0.552. The van der Waals surface area contributed by atoms with Gasteiger partial charge in [0, 0.05) is 19.8 Å². The Hall–Kier alpha value is -2.16. The highest BCUT2D eigenvalue weighted by molar-refractivity contribution is 7.90. The number of rotatable bonds is 4.